The Bertz CT molecular complexity index is 642. The maximum atomic E-state index is 12.4. The molecule has 8 heteroatoms. The topological polar surface area (TPSA) is 87.2 Å². The third kappa shape index (κ3) is 5.11. The summed E-state index contributed by atoms with van der Waals surface area (Å²) in [5.74, 6) is 0.293. The van der Waals surface area contributed by atoms with Crippen molar-refractivity contribution in [2.24, 2.45) is 11.7 Å². The molecule has 0 amide bonds. The maximum Gasteiger partial charge on any atom is 0.242 e. The molecule has 0 radical (unpaired) electrons. The van der Waals surface area contributed by atoms with Gasteiger partial charge in [0.15, 0.2) is 0 Å². The Morgan fingerprint density at radius 3 is 2.50 bits per heavy atom. The lowest BCUT2D eigenvalue weighted by Gasteiger charge is -2.21. The van der Waals surface area contributed by atoms with E-state index in [-0.39, 0.29) is 33.9 Å². The fourth-order valence-corrected chi connectivity index (χ4v) is 3.09. The average molecular weight is 366 g/mol. The Morgan fingerprint density at radius 1 is 1.41 bits per heavy atom. The summed E-state index contributed by atoms with van der Waals surface area (Å²) >= 11 is 5.82. The van der Waals surface area contributed by atoms with E-state index in [2.05, 4.69) is 0 Å². The van der Waals surface area contributed by atoms with Crippen LogP contribution in [0.15, 0.2) is 23.1 Å². The second kappa shape index (κ2) is 8.70. The van der Waals surface area contributed by atoms with Crippen LogP contribution in [0.4, 0.5) is 0 Å². The first kappa shape index (κ1) is 21.2. The number of nitrogens with zero attached hydrogens (tertiary/aromatic N) is 2. The molecule has 22 heavy (non-hydrogen) atoms. The summed E-state index contributed by atoms with van der Waals surface area (Å²) in [5, 5.41) is 9.16. The van der Waals surface area contributed by atoms with Gasteiger partial charge in [0, 0.05) is 19.6 Å². The number of benzene rings is 1. The second-order valence-electron chi connectivity index (χ2n) is 5.28. The Kier molecular flexibility index (Phi) is 8.37. The third-order valence-corrected chi connectivity index (χ3v) is 5.58. The zero-order valence-electron chi connectivity index (χ0n) is 12.8. The van der Waals surface area contributed by atoms with Crippen LogP contribution < -0.4 is 5.73 Å². The van der Waals surface area contributed by atoms with E-state index in [1.807, 2.05) is 19.9 Å². The number of nitriles is 1. The van der Waals surface area contributed by atoms with E-state index in [9.17, 15) is 8.42 Å². The highest BCUT2D eigenvalue weighted by atomic mass is 35.5. The van der Waals surface area contributed by atoms with E-state index < -0.39 is 10.0 Å². The Hall–Kier alpha value is -0.840. The molecule has 0 fully saturated rings. The fourth-order valence-electron chi connectivity index (χ4n) is 1.71. The molecule has 1 atom stereocenters. The SMILES string of the molecule is CC(C)C(N)CCN(C)S(=O)(=O)c1ccc(Cl)c(C#N)c1.Cl. The van der Waals surface area contributed by atoms with Crippen LogP contribution in [-0.2, 0) is 10.0 Å². The van der Waals surface area contributed by atoms with Gasteiger partial charge in [-0.15, -0.1) is 12.4 Å². The summed E-state index contributed by atoms with van der Waals surface area (Å²) in [5.41, 5.74) is 6.07. The molecule has 0 aromatic heterocycles. The number of hydrogen-bond acceptors (Lipinski definition) is 4. The molecule has 0 aliphatic heterocycles. The maximum absolute atomic E-state index is 12.4. The summed E-state index contributed by atoms with van der Waals surface area (Å²) in [6, 6.07) is 5.93. The van der Waals surface area contributed by atoms with Gasteiger partial charge in [-0.3, -0.25) is 0 Å². The lowest BCUT2D eigenvalue weighted by atomic mass is 10.0. The zero-order valence-corrected chi connectivity index (χ0v) is 15.2. The van der Waals surface area contributed by atoms with Crippen LogP contribution in [0.2, 0.25) is 5.02 Å². The van der Waals surface area contributed by atoms with Crippen LogP contribution in [0.5, 0.6) is 0 Å². The molecular formula is C14H21Cl2N3O2S. The highest BCUT2D eigenvalue weighted by Gasteiger charge is 2.22. The average Bonchev–Trinajstić information content (AvgIpc) is 2.44. The third-order valence-electron chi connectivity index (χ3n) is 3.40. The van der Waals surface area contributed by atoms with Gasteiger partial charge in [0.2, 0.25) is 10.0 Å². The standard InChI is InChI=1S/C14H20ClN3O2S.ClH/c1-10(2)14(17)6-7-18(3)21(19,20)12-4-5-13(15)11(8-12)9-16;/h4-5,8,10,14H,6-7,17H2,1-3H3;1H. The van der Waals surface area contributed by atoms with Crippen molar-refractivity contribution in [2.75, 3.05) is 13.6 Å². The quantitative estimate of drug-likeness (QED) is 0.838. The number of hydrogen-bond donors (Lipinski definition) is 1. The molecule has 1 aromatic rings. The van der Waals surface area contributed by atoms with Crippen molar-refractivity contribution in [1.29, 1.82) is 5.26 Å². The van der Waals surface area contributed by atoms with Crippen LogP contribution in [-0.4, -0.2) is 32.4 Å². The first-order valence-corrected chi connectivity index (χ1v) is 8.43. The number of rotatable bonds is 6. The van der Waals surface area contributed by atoms with Crippen molar-refractivity contribution >= 4 is 34.0 Å². The molecule has 0 aliphatic rings. The van der Waals surface area contributed by atoms with E-state index in [4.69, 9.17) is 22.6 Å². The van der Waals surface area contributed by atoms with Gasteiger partial charge in [-0.05, 0) is 30.5 Å². The minimum absolute atomic E-state index is 0. The van der Waals surface area contributed by atoms with Gasteiger partial charge in [0.1, 0.15) is 6.07 Å². The molecule has 0 aliphatic carbocycles. The van der Waals surface area contributed by atoms with Crippen molar-refractivity contribution in [3.63, 3.8) is 0 Å². The fraction of sp³-hybridized carbons (Fsp3) is 0.500. The monoisotopic (exact) mass is 365 g/mol. The van der Waals surface area contributed by atoms with Crippen LogP contribution in [0.1, 0.15) is 25.8 Å². The summed E-state index contributed by atoms with van der Waals surface area (Å²) in [7, 11) is -2.14. The lowest BCUT2D eigenvalue weighted by molar-refractivity contribution is 0.397. The molecule has 0 saturated carbocycles. The van der Waals surface area contributed by atoms with Gasteiger partial charge in [0.25, 0.3) is 0 Å². The van der Waals surface area contributed by atoms with Gasteiger partial charge in [-0.2, -0.15) is 5.26 Å². The Morgan fingerprint density at radius 2 is 2.00 bits per heavy atom. The molecule has 0 bridgehead atoms. The molecule has 5 nitrogen and oxygen atoms in total. The smallest absolute Gasteiger partial charge is 0.242 e. The molecule has 1 aromatic carbocycles. The molecule has 1 rings (SSSR count). The molecule has 0 saturated heterocycles. The van der Waals surface area contributed by atoms with Gasteiger partial charge in [0.05, 0.1) is 15.5 Å². The van der Waals surface area contributed by atoms with Crippen molar-refractivity contribution in [1.82, 2.24) is 4.31 Å². The number of nitrogens with two attached hydrogens (primary N) is 1. The first-order chi connectivity index (χ1) is 9.70. The summed E-state index contributed by atoms with van der Waals surface area (Å²) in [4.78, 5) is 0.0593. The number of halogens is 2. The molecular weight excluding hydrogens is 345 g/mol. The first-order valence-electron chi connectivity index (χ1n) is 6.61. The summed E-state index contributed by atoms with van der Waals surface area (Å²) < 4.78 is 26.1. The highest BCUT2D eigenvalue weighted by molar-refractivity contribution is 7.89. The van der Waals surface area contributed by atoms with Gasteiger partial charge in [-0.1, -0.05) is 25.4 Å². The highest BCUT2D eigenvalue weighted by Crippen LogP contribution is 2.22. The van der Waals surface area contributed by atoms with Crippen molar-refractivity contribution in [3.05, 3.63) is 28.8 Å². The molecule has 0 heterocycles. The lowest BCUT2D eigenvalue weighted by Crippen LogP contribution is -2.34. The second-order valence-corrected chi connectivity index (χ2v) is 7.73. The predicted octanol–water partition coefficient (Wildman–Crippen LogP) is 2.63. The number of sulfonamides is 1. The van der Waals surface area contributed by atoms with E-state index in [1.165, 1.54) is 29.6 Å². The molecule has 0 spiro atoms. The van der Waals surface area contributed by atoms with Crippen LogP contribution >= 0.6 is 24.0 Å². The van der Waals surface area contributed by atoms with Crippen LogP contribution in [0.25, 0.3) is 0 Å². The van der Waals surface area contributed by atoms with Gasteiger partial charge >= 0.3 is 0 Å². The van der Waals surface area contributed by atoms with Gasteiger partial charge < -0.3 is 5.73 Å². The van der Waals surface area contributed by atoms with Crippen molar-refractivity contribution in [3.8, 4) is 6.07 Å². The van der Waals surface area contributed by atoms with Crippen LogP contribution in [0.3, 0.4) is 0 Å². The minimum atomic E-state index is -3.64. The zero-order chi connectivity index (χ0) is 16.2. The molecule has 1 unspecified atom stereocenters. The van der Waals surface area contributed by atoms with E-state index in [0.717, 1.165) is 0 Å². The van der Waals surface area contributed by atoms with E-state index in [1.54, 1.807) is 0 Å². The summed E-state index contributed by atoms with van der Waals surface area (Å²) in [6.45, 7) is 4.32. The van der Waals surface area contributed by atoms with Gasteiger partial charge in [-0.25, -0.2) is 12.7 Å². The minimum Gasteiger partial charge on any atom is -0.327 e. The molecule has 2 N–H and O–H groups in total. The Labute approximate surface area is 143 Å². The van der Waals surface area contributed by atoms with Crippen molar-refractivity contribution < 1.29 is 8.42 Å². The van der Waals surface area contributed by atoms with E-state index >= 15 is 0 Å². The summed E-state index contributed by atoms with van der Waals surface area (Å²) in [6.07, 6.45) is 0.575. The van der Waals surface area contributed by atoms with Crippen LogP contribution in [0, 0.1) is 17.2 Å². The Balaban J connectivity index is 0.00000441. The van der Waals surface area contributed by atoms with E-state index in [0.29, 0.717) is 18.9 Å². The largest absolute Gasteiger partial charge is 0.327 e. The molecule has 124 valence electrons. The normalized spacial score (nSPS) is 12.8. The van der Waals surface area contributed by atoms with Crippen molar-refractivity contribution in [2.45, 2.75) is 31.2 Å². The predicted molar refractivity (Wildman–Crippen MR) is 90.7 cm³/mol.